The van der Waals surface area contributed by atoms with Gasteiger partial charge in [-0.15, -0.1) is 0 Å². The molecule has 0 unspecified atom stereocenters. The van der Waals surface area contributed by atoms with E-state index in [1.165, 1.54) is 0 Å². The summed E-state index contributed by atoms with van der Waals surface area (Å²) in [6.07, 6.45) is 1.23. The second kappa shape index (κ2) is 4.79. The topological polar surface area (TPSA) is 20.3 Å². The third kappa shape index (κ3) is 2.48. The fraction of sp³-hybridized carbons (Fsp3) is 0.533. The van der Waals surface area contributed by atoms with Crippen molar-refractivity contribution in [1.82, 2.24) is 4.90 Å². The van der Waals surface area contributed by atoms with Crippen molar-refractivity contribution in [3.8, 4) is 0 Å². The van der Waals surface area contributed by atoms with Gasteiger partial charge >= 0.3 is 0 Å². The molecule has 2 aliphatic rings. The monoisotopic (exact) mass is 343 g/mol. The highest BCUT2D eigenvalue weighted by molar-refractivity contribution is 9.10. The number of rotatable bonds is 2. The largest absolute Gasteiger partial charge is 0.342 e. The molecule has 1 heterocycles. The van der Waals surface area contributed by atoms with Gasteiger partial charge in [0, 0.05) is 29.4 Å². The number of likely N-dealkylation sites (tertiary alicyclic amines) is 1. The first-order valence-electron chi connectivity index (χ1n) is 6.82. The number of benzene rings is 1. The van der Waals surface area contributed by atoms with Gasteiger partial charge in [0.15, 0.2) is 0 Å². The van der Waals surface area contributed by atoms with E-state index < -0.39 is 11.3 Å². The van der Waals surface area contributed by atoms with Crippen LogP contribution in [0.3, 0.4) is 0 Å². The van der Waals surface area contributed by atoms with Crippen molar-refractivity contribution < 1.29 is 13.6 Å². The van der Waals surface area contributed by atoms with Crippen molar-refractivity contribution in [1.29, 1.82) is 0 Å². The average molecular weight is 344 g/mol. The summed E-state index contributed by atoms with van der Waals surface area (Å²) in [6, 6.07) is 7.61. The van der Waals surface area contributed by atoms with Gasteiger partial charge in [0.1, 0.15) is 0 Å². The minimum Gasteiger partial charge on any atom is -0.342 e. The molecule has 1 amide bonds. The van der Waals surface area contributed by atoms with E-state index in [9.17, 15) is 13.6 Å². The lowest BCUT2D eigenvalue weighted by Gasteiger charge is -2.32. The molecule has 0 aromatic heterocycles. The maximum Gasteiger partial charge on any atom is 0.254 e. The number of carbonyl (C=O) groups is 1. The van der Waals surface area contributed by atoms with E-state index >= 15 is 0 Å². The highest BCUT2D eigenvalue weighted by atomic mass is 79.9. The Morgan fingerprint density at radius 1 is 1.20 bits per heavy atom. The Hall–Kier alpha value is -0.970. The number of amides is 1. The van der Waals surface area contributed by atoms with E-state index in [0.29, 0.717) is 32.4 Å². The molecule has 3 rings (SSSR count). The number of halogens is 3. The molecule has 2 fully saturated rings. The lowest BCUT2D eigenvalue weighted by Crippen LogP contribution is -2.41. The van der Waals surface area contributed by atoms with Gasteiger partial charge in [-0.25, -0.2) is 8.78 Å². The summed E-state index contributed by atoms with van der Waals surface area (Å²) < 4.78 is 27.5. The molecule has 1 spiro atoms. The van der Waals surface area contributed by atoms with E-state index in [-0.39, 0.29) is 12.3 Å². The fourth-order valence-electron chi connectivity index (χ4n) is 3.00. The predicted octanol–water partition coefficient (Wildman–Crippen LogP) is 3.64. The predicted molar refractivity (Wildman–Crippen MR) is 75.7 cm³/mol. The number of hydrogen-bond acceptors (Lipinski definition) is 1. The second-order valence-corrected chi connectivity index (χ2v) is 6.76. The molecule has 20 heavy (non-hydrogen) atoms. The van der Waals surface area contributed by atoms with Crippen LogP contribution < -0.4 is 0 Å². The van der Waals surface area contributed by atoms with Crippen LogP contribution in [0.25, 0.3) is 0 Å². The zero-order valence-electron chi connectivity index (χ0n) is 11.0. The van der Waals surface area contributed by atoms with Crippen LogP contribution in [0.5, 0.6) is 0 Å². The molecule has 0 radical (unpaired) electrons. The van der Waals surface area contributed by atoms with E-state index in [1.54, 1.807) is 4.90 Å². The molecule has 1 aromatic carbocycles. The number of piperidine rings is 1. The van der Waals surface area contributed by atoms with Crippen molar-refractivity contribution in [3.63, 3.8) is 0 Å². The van der Waals surface area contributed by atoms with Crippen molar-refractivity contribution in [2.45, 2.75) is 31.6 Å². The molecule has 1 saturated heterocycles. The number of carbonyl (C=O) groups excluding carboxylic acids is 1. The molecule has 1 saturated carbocycles. The molecular weight excluding hydrogens is 328 g/mol. The van der Waals surface area contributed by atoms with Gasteiger partial charge in [-0.2, -0.15) is 0 Å². The van der Waals surface area contributed by atoms with E-state index in [1.807, 2.05) is 24.3 Å². The molecule has 5 heteroatoms. The Morgan fingerprint density at radius 3 is 2.25 bits per heavy atom. The SMILES string of the molecule is O=C(Cc1ccc(Br)cc1)N1CCC2(CC1)CC2(F)F. The number of alkyl halides is 2. The Bertz CT molecular complexity index is 521. The Kier molecular flexibility index (Phi) is 3.35. The molecule has 108 valence electrons. The van der Waals surface area contributed by atoms with Gasteiger partial charge in [0.25, 0.3) is 5.92 Å². The summed E-state index contributed by atoms with van der Waals surface area (Å²) in [5, 5.41) is 0. The molecule has 2 nitrogen and oxygen atoms in total. The third-order valence-corrected chi connectivity index (χ3v) is 5.08. The molecule has 0 N–H and O–H groups in total. The molecule has 1 aliphatic carbocycles. The first-order valence-corrected chi connectivity index (χ1v) is 7.61. The summed E-state index contributed by atoms with van der Waals surface area (Å²) in [5.74, 6) is -2.46. The van der Waals surface area contributed by atoms with Crippen LogP contribution in [0, 0.1) is 5.41 Å². The van der Waals surface area contributed by atoms with Crippen LogP contribution in [0.4, 0.5) is 8.78 Å². The quantitative estimate of drug-likeness (QED) is 0.802. The highest BCUT2D eigenvalue weighted by Crippen LogP contribution is 2.65. The van der Waals surface area contributed by atoms with Gasteiger partial charge in [-0.3, -0.25) is 4.79 Å². The summed E-state index contributed by atoms with van der Waals surface area (Å²) in [5.41, 5.74) is 0.164. The Labute approximate surface area is 125 Å². The summed E-state index contributed by atoms with van der Waals surface area (Å²) >= 11 is 3.35. The van der Waals surface area contributed by atoms with Gasteiger partial charge in [0.2, 0.25) is 5.91 Å². The van der Waals surface area contributed by atoms with Crippen molar-refractivity contribution in [2.75, 3.05) is 13.1 Å². The second-order valence-electron chi connectivity index (χ2n) is 5.85. The lowest BCUT2D eigenvalue weighted by atomic mass is 9.92. The minimum atomic E-state index is -2.49. The van der Waals surface area contributed by atoms with Crippen LogP contribution in [0.2, 0.25) is 0 Å². The van der Waals surface area contributed by atoms with E-state index in [4.69, 9.17) is 0 Å². The summed E-state index contributed by atoms with van der Waals surface area (Å²) in [6.45, 7) is 0.926. The molecule has 0 bridgehead atoms. The van der Waals surface area contributed by atoms with Gasteiger partial charge < -0.3 is 4.90 Å². The van der Waals surface area contributed by atoms with E-state index in [2.05, 4.69) is 15.9 Å². The first-order chi connectivity index (χ1) is 9.42. The lowest BCUT2D eigenvalue weighted by molar-refractivity contribution is -0.132. The van der Waals surface area contributed by atoms with Crippen molar-refractivity contribution in [2.24, 2.45) is 5.41 Å². The maximum atomic E-state index is 13.3. The number of nitrogens with zero attached hydrogens (tertiary/aromatic N) is 1. The molecule has 0 atom stereocenters. The van der Waals surface area contributed by atoms with Crippen LogP contribution in [-0.4, -0.2) is 29.8 Å². The number of hydrogen-bond donors (Lipinski definition) is 0. The standard InChI is InChI=1S/C15H16BrF2NO/c16-12-3-1-11(2-4-12)9-13(20)19-7-5-14(6-8-19)10-15(14,17)18/h1-4H,5-10H2. The third-order valence-electron chi connectivity index (χ3n) is 4.55. The van der Waals surface area contributed by atoms with Crippen LogP contribution in [0.15, 0.2) is 28.7 Å². The normalized spacial score (nSPS) is 22.9. The molecule has 1 aliphatic heterocycles. The van der Waals surface area contributed by atoms with Gasteiger partial charge in [-0.05, 0) is 30.5 Å². The van der Waals surface area contributed by atoms with Crippen LogP contribution >= 0.6 is 15.9 Å². The van der Waals surface area contributed by atoms with Gasteiger partial charge in [0.05, 0.1) is 6.42 Å². The zero-order chi connectivity index (χ0) is 14.4. The maximum absolute atomic E-state index is 13.3. The van der Waals surface area contributed by atoms with Crippen molar-refractivity contribution >= 4 is 21.8 Å². The highest BCUT2D eigenvalue weighted by Gasteiger charge is 2.70. The minimum absolute atomic E-state index is 0.00867. The fourth-order valence-corrected chi connectivity index (χ4v) is 3.26. The van der Waals surface area contributed by atoms with Crippen LogP contribution in [-0.2, 0) is 11.2 Å². The zero-order valence-corrected chi connectivity index (χ0v) is 12.6. The first kappa shape index (κ1) is 14.0. The average Bonchev–Trinajstić information content (AvgIpc) is 2.93. The smallest absolute Gasteiger partial charge is 0.254 e. The Morgan fingerprint density at radius 2 is 1.75 bits per heavy atom. The summed E-state index contributed by atoms with van der Waals surface area (Å²) in [7, 11) is 0. The summed E-state index contributed by atoms with van der Waals surface area (Å²) in [4.78, 5) is 13.9. The van der Waals surface area contributed by atoms with Gasteiger partial charge in [-0.1, -0.05) is 28.1 Å². The Balaban J connectivity index is 1.56. The van der Waals surface area contributed by atoms with Crippen molar-refractivity contribution in [3.05, 3.63) is 34.3 Å². The molecular formula is C15H16BrF2NO. The van der Waals surface area contributed by atoms with E-state index in [0.717, 1.165) is 10.0 Å². The van der Waals surface area contributed by atoms with Crippen LogP contribution in [0.1, 0.15) is 24.8 Å². The molecule has 1 aromatic rings.